The Bertz CT molecular complexity index is 536. The van der Waals surface area contributed by atoms with Gasteiger partial charge < -0.3 is 11.1 Å². The Balaban J connectivity index is 2.25. The molecular formula is C14H19N3O3. The summed E-state index contributed by atoms with van der Waals surface area (Å²) < 4.78 is 0. The fourth-order valence-electron chi connectivity index (χ4n) is 2.75. The quantitative estimate of drug-likeness (QED) is 0.504. The van der Waals surface area contributed by atoms with Gasteiger partial charge in [0.25, 0.3) is 5.91 Å². The molecule has 20 heavy (non-hydrogen) atoms. The van der Waals surface area contributed by atoms with Crippen molar-refractivity contribution in [2.24, 2.45) is 0 Å². The number of nitrogen functional groups attached to an aromatic ring is 1. The molecule has 1 aliphatic carbocycles. The van der Waals surface area contributed by atoms with Gasteiger partial charge in [-0.3, -0.25) is 14.9 Å². The monoisotopic (exact) mass is 277 g/mol. The van der Waals surface area contributed by atoms with Crippen LogP contribution in [0.4, 0.5) is 11.4 Å². The molecule has 1 aromatic rings. The van der Waals surface area contributed by atoms with Gasteiger partial charge in [0, 0.05) is 5.54 Å². The molecule has 1 saturated carbocycles. The van der Waals surface area contributed by atoms with Crippen molar-refractivity contribution in [3.8, 4) is 0 Å². The van der Waals surface area contributed by atoms with Crippen LogP contribution in [0.5, 0.6) is 0 Å². The molecule has 1 amide bonds. The average molecular weight is 277 g/mol. The SMILES string of the molecule is CC1(NC(=O)c2cccc(N)c2[N+](=O)[O-])CCCCC1. The van der Waals surface area contributed by atoms with E-state index in [0.29, 0.717) is 0 Å². The number of nitrogens with zero attached hydrogens (tertiary/aromatic N) is 1. The van der Waals surface area contributed by atoms with Gasteiger partial charge in [0.1, 0.15) is 11.3 Å². The molecule has 6 nitrogen and oxygen atoms in total. The van der Waals surface area contributed by atoms with Gasteiger partial charge in [0.2, 0.25) is 0 Å². The largest absolute Gasteiger partial charge is 0.393 e. The molecule has 1 aromatic carbocycles. The van der Waals surface area contributed by atoms with E-state index in [1.54, 1.807) is 6.07 Å². The van der Waals surface area contributed by atoms with Crippen molar-refractivity contribution in [1.82, 2.24) is 5.32 Å². The van der Waals surface area contributed by atoms with Crippen LogP contribution in [0.15, 0.2) is 18.2 Å². The molecule has 0 unspecified atom stereocenters. The second-order valence-electron chi connectivity index (χ2n) is 5.58. The van der Waals surface area contributed by atoms with Crippen LogP contribution >= 0.6 is 0 Å². The Morgan fingerprint density at radius 2 is 2.00 bits per heavy atom. The zero-order valence-corrected chi connectivity index (χ0v) is 11.5. The Kier molecular flexibility index (Phi) is 3.92. The summed E-state index contributed by atoms with van der Waals surface area (Å²) >= 11 is 0. The number of anilines is 1. The first-order chi connectivity index (χ1) is 9.43. The van der Waals surface area contributed by atoms with Gasteiger partial charge in [-0.05, 0) is 31.9 Å². The number of rotatable bonds is 3. The van der Waals surface area contributed by atoms with Gasteiger partial charge in [-0.25, -0.2) is 0 Å². The second-order valence-corrected chi connectivity index (χ2v) is 5.58. The summed E-state index contributed by atoms with van der Waals surface area (Å²) in [5.74, 6) is -0.423. The number of nitro groups is 1. The summed E-state index contributed by atoms with van der Waals surface area (Å²) in [5.41, 5.74) is 5.05. The molecule has 1 aliphatic rings. The normalized spacial score (nSPS) is 17.4. The minimum atomic E-state index is -0.604. The van der Waals surface area contributed by atoms with Crippen LogP contribution in [-0.4, -0.2) is 16.4 Å². The maximum absolute atomic E-state index is 12.3. The number of nitrogens with one attached hydrogen (secondary N) is 1. The summed E-state index contributed by atoms with van der Waals surface area (Å²) in [6.45, 7) is 1.99. The predicted octanol–water partition coefficient (Wildman–Crippen LogP) is 2.63. The van der Waals surface area contributed by atoms with Crippen LogP contribution in [0.1, 0.15) is 49.4 Å². The van der Waals surface area contributed by atoms with Crippen LogP contribution in [0, 0.1) is 10.1 Å². The summed E-state index contributed by atoms with van der Waals surface area (Å²) in [6, 6.07) is 4.42. The van der Waals surface area contributed by atoms with Gasteiger partial charge in [0.15, 0.2) is 0 Å². The highest BCUT2D eigenvalue weighted by Crippen LogP contribution is 2.30. The molecule has 0 radical (unpaired) electrons. The fourth-order valence-corrected chi connectivity index (χ4v) is 2.75. The lowest BCUT2D eigenvalue weighted by molar-refractivity contribution is -0.384. The van der Waals surface area contributed by atoms with Crippen LogP contribution < -0.4 is 11.1 Å². The third kappa shape index (κ3) is 2.89. The second kappa shape index (κ2) is 5.48. The minimum Gasteiger partial charge on any atom is -0.393 e. The maximum atomic E-state index is 12.3. The lowest BCUT2D eigenvalue weighted by atomic mass is 9.83. The number of benzene rings is 1. The van der Waals surface area contributed by atoms with Gasteiger partial charge in [-0.2, -0.15) is 0 Å². The van der Waals surface area contributed by atoms with E-state index in [2.05, 4.69) is 5.32 Å². The van der Waals surface area contributed by atoms with Crippen LogP contribution in [-0.2, 0) is 0 Å². The number of nitro benzene ring substituents is 1. The van der Waals surface area contributed by atoms with E-state index in [9.17, 15) is 14.9 Å². The number of carbonyl (C=O) groups is 1. The molecule has 108 valence electrons. The van der Waals surface area contributed by atoms with Crippen LogP contribution in [0.2, 0.25) is 0 Å². The van der Waals surface area contributed by atoms with Gasteiger partial charge in [0.05, 0.1) is 4.92 Å². The Labute approximate surface area is 117 Å². The zero-order valence-electron chi connectivity index (χ0n) is 11.5. The van der Waals surface area contributed by atoms with E-state index in [1.165, 1.54) is 18.6 Å². The first-order valence-corrected chi connectivity index (χ1v) is 6.78. The van der Waals surface area contributed by atoms with Crippen molar-refractivity contribution in [3.05, 3.63) is 33.9 Å². The highest BCUT2D eigenvalue weighted by Gasteiger charge is 2.31. The molecule has 3 N–H and O–H groups in total. The van der Waals surface area contributed by atoms with Crippen molar-refractivity contribution in [2.75, 3.05) is 5.73 Å². The summed E-state index contributed by atoms with van der Waals surface area (Å²) in [5, 5.41) is 14.0. The molecule has 1 fully saturated rings. The minimum absolute atomic E-state index is 0.0106. The third-order valence-electron chi connectivity index (χ3n) is 3.87. The highest BCUT2D eigenvalue weighted by molar-refractivity contribution is 6.00. The molecule has 0 aromatic heterocycles. The van der Waals surface area contributed by atoms with Crippen molar-refractivity contribution in [2.45, 2.75) is 44.6 Å². The molecule has 0 bridgehead atoms. The number of hydrogen-bond acceptors (Lipinski definition) is 4. The number of para-hydroxylation sites is 1. The number of nitrogens with two attached hydrogens (primary N) is 1. The summed E-state index contributed by atoms with van der Waals surface area (Å²) in [6.07, 6.45) is 5.10. The van der Waals surface area contributed by atoms with E-state index >= 15 is 0 Å². The smallest absolute Gasteiger partial charge is 0.304 e. The Morgan fingerprint density at radius 3 is 2.60 bits per heavy atom. The predicted molar refractivity (Wildman–Crippen MR) is 76.5 cm³/mol. The maximum Gasteiger partial charge on any atom is 0.304 e. The van der Waals surface area contributed by atoms with E-state index in [-0.39, 0.29) is 22.5 Å². The van der Waals surface area contributed by atoms with Crippen molar-refractivity contribution in [3.63, 3.8) is 0 Å². The molecule has 0 aliphatic heterocycles. The van der Waals surface area contributed by atoms with Gasteiger partial charge in [-0.1, -0.05) is 25.3 Å². The molecule has 6 heteroatoms. The Hall–Kier alpha value is -2.11. The standard InChI is InChI=1S/C14H19N3O3/c1-14(8-3-2-4-9-14)16-13(18)10-6-5-7-11(15)12(10)17(19)20/h5-7H,2-4,8-9,15H2,1H3,(H,16,18). The highest BCUT2D eigenvalue weighted by atomic mass is 16.6. The van der Waals surface area contributed by atoms with E-state index < -0.39 is 10.8 Å². The van der Waals surface area contributed by atoms with Crippen LogP contribution in [0.25, 0.3) is 0 Å². The van der Waals surface area contributed by atoms with Gasteiger partial charge in [-0.15, -0.1) is 0 Å². The van der Waals surface area contributed by atoms with Gasteiger partial charge >= 0.3 is 5.69 Å². The molecular weight excluding hydrogens is 258 g/mol. The first-order valence-electron chi connectivity index (χ1n) is 6.78. The first kappa shape index (κ1) is 14.3. The lowest BCUT2D eigenvalue weighted by Crippen LogP contribution is -2.47. The summed E-state index contributed by atoms with van der Waals surface area (Å²) in [4.78, 5) is 22.8. The molecule has 0 atom stereocenters. The van der Waals surface area contributed by atoms with E-state index in [0.717, 1.165) is 25.7 Å². The third-order valence-corrected chi connectivity index (χ3v) is 3.87. The molecule has 2 rings (SSSR count). The van der Waals surface area contributed by atoms with E-state index in [4.69, 9.17) is 5.73 Å². The average Bonchev–Trinajstić information content (AvgIpc) is 2.38. The topological polar surface area (TPSA) is 98.3 Å². The number of carbonyl (C=O) groups excluding carboxylic acids is 1. The van der Waals surface area contributed by atoms with Crippen LogP contribution in [0.3, 0.4) is 0 Å². The van der Waals surface area contributed by atoms with Crippen molar-refractivity contribution >= 4 is 17.3 Å². The Morgan fingerprint density at radius 1 is 1.35 bits per heavy atom. The lowest BCUT2D eigenvalue weighted by Gasteiger charge is -2.34. The number of amides is 1. The number of hydrogen-bond donors (Lipinski definition) is 2. The van der Waals surface area contributed by atoms with E-state index in [1.807, 2.05) is 6.92 Å². The summed E-state index contributed by atoms with van der Waals surface area (Å²) in [7, 11) is 0. The zero-order chi connectivity index (χ0) is 14.8. The van der Waals surface area contributed by atoms with Crippen molar-refractivity contribution in [1.29, 1.82) is 0 Å². The molecule has 0 spiro atoms. The fraction of sp³-hybridized carbons (Fsp3) is 0.500. The van der Waals surface area contributed by atoms with Crippen molar-refractivity contribution < 1.29 is 9.72 Å². The molecule has 0 heterocycles. The molecule has 0 saturated heterocycles.